The molecule has 0 aliphatic carbocycles. The highest BCUT2D eigenvalue weighted by atomic mass is 16.6. The van der Waals surface area contributed by atoms with Crippen molar-refractivity contribution in [2.24, 2.45) is 0 Å². The fraction of sp³-hybridized carbons (Fsp3) is 0.429. The lowest BCUT2D eigenvalue weighted by Crippen LogP contribution is -2.33. The number of carbonyl (C=O) groups excluding carboxylic acids is 2. The smallest absolute Gasteiger partial charge is 0.417 e. The zero-order valence-electron chi connectivity index (χ0n) is 10.5. The van der Waals surface area contributed by atoms with Crippen LogP contribution in [0.2, 0.25) is 0 Å². The molecule has 1 fully saturated rings. The summed E-state index contributed by atoms with van der Waals surface area (Å²) in [5, 5.41) is 0. The van der Waals surface area contributed by atoms with Gasteiger partial charge in [-0.25, -0.2) is 9.69 Å². The number of hydrogen-bond acceptors (Lipinski definition) is 3. The van der Waals surface area contributed by atoms with Crippen LogP contribution in [0.15, 0.2) is 30.3 Å². The third-order valence-corrected chi connectivity index (χ3v) is 3.07. The number of unbranched alkanes of at least 4 members (excludes halogenated alkanes) is 1. The van der Waals surface area contributed by atoms with Crippen molar-refractivity contribution in [2.75, 3.05) is 6.61 Å². The van der Waals surface area contributed by atoms with Crippen LogP contribution in [-0.4, -0.2) is 23.5 Å². The molecule has 1 saturated heterocycles. The van der Waals surface area contributed by atoms with Crippen molar-refractivity contribution >= 4 is 12.0 Å². The van der Waals surface area contributed by atoms with Gasteiger partial charge < -0.3 is 4.74 Å². The first kappa shape index (κ1) is 12.6. The Morgan fingerprint density at radius 3 is 2.78 bits per heavy atom. The molecular formula is C14H17NO3. The van der Waals surface area contributed by atoms with Crippen LogP contribution in [0, 0.1) is 0 Å². The average Bonchev–Trinajstić information content (AvgIpc) is 2.79. The van der Waals surface area contributed by atoms with Crippen LogP contribution >= 0.6 is 0 Å². The quantitative estimate of drug-likeness (QED) is 0.821. The summed E-state index contributed by atoms with van der Waals surface area (Å²) in [6.45, 7) is 2.27. The second kappa shape index (κ2) is 5.67. The van der Waals surface area contributed by atoms with Gasteiger partial charge in [0.1, 0.15) is 12.6 Å². The summed E-state index contributed by atoms with van der Waals surface area (Å²) in [7, 11) is 0. The Morgan fingerprint density at radius 1 is 1.39 bits per heavy atom. The Kier molecular flexibility index (Phi) is 3.97. The number of nitrogens with zero attached hydrogens (tertiary/aromatic N) is 1. The Balaban J connectivity index is 2.15. The Labute approximate surface area is 107 Å². The van der Waals surface area contributed by atoms with Gasteiger partial charge in [-0.15, -0.1) is 0 Å². The van der Waals surface area contributed by atoms with Gasteiger partial charge in [-0.2, -0.15) is 0 Å². The van der Waals surface area contributed by atoms with Crippen molar-refractivity contribution < 1.29 is 14.3 Å². The summed E-state index contributed by atoms with van der Waals surface area (Å²) in [5.41, 5.74) is 0.938. The molecule has 96 valence electrons. The van der Waals surface area contributed by atoms with E-state index in [9.17, 15) is 9.59 Å². The summed E-state index contributed by atoms with van der Waals surface area (Å²) in [6, 6.07) is 9.24. The molecule has 1 atom stereocenters. The van der Waals surface area contributed by atoms with Crippen LogP contribution in [0.5, 0.6) is 0 Å². The zero-order chi connectivity index (χ0) is 13.0. The van der Waals surface area contributed by atoms with Crippen LogP contribution in [0.1, 0.15) is 37.8 Å². The van der Waals surface area contributed by atoms with E-state index < -0.39 is 6.09 Å². The second-order valence-corrected chi connectivity index (χ2v) is 4.37. The molecule has 0 bridgehead atoms. The number of amides is 2. The van der Waals surface area contributed by atoms with Crippen molar-refractivity contribution in [1.82, 2.24) is 4.90 Å². The van der Waals surface area contributed by atoms with Gasteiger partial charge in [-0.05, 0) is 12.0 Å². The van der Waals surface area contributed by atoms with Gasteiger partial charge in [-0.1, -0.05) is 43.7 Å². The van der Waals surface area contributed by atoms with Crippen molar-refractivity contribution in [3.63, 3.8) is 0 Å². The number of imide groups is 1. The van der Waals surface area contributed by atoms with E-state index >= 15 is 0 Å². The molecule has 1 heterocycles. The van der Waals surface area contributed by atoms with Crippen molar-refractivity contribution in [3.05, 3.63) is 35.9 Å². The van der Waals surface area contributed by atoms with Gasteiger partial charge >= 0.3 is 6.09 Å². The molecule has 1 aliphatic heterocycles. The Bertz CT molecular complexity index is 430. The molecule has 1 aromatic rings. The van der Waals surface area contributed by atoms with Crippen molar-refractivity contribution in [2.45, 2.75) is 32.2 Å². The summed E-state index contributed by atoms with van der Waals surface area (Å²) < 4.78 is 5.00. The first-order chi connectivity index (χ1) is 8.74. The number of hydrogen-bond donors (Lipinski definition) is 0. The Hall–Kier alpha value is -1.84. The predicted octanol–water partition coefficient (Wildman–Crippen LogP) is 2.90. The fourth-order valence-corrected chi connectivity index (χ4v) is 2.07. The summed E-state index contributed by atoms with van der Waals surface area (Å²) in [5.74, 6) is -0.145. The summed E-state index contributed by atoms with van der Waals surface area (Å²) in [6.07, 6.45) is 1.61. The number of ether oxygens (including phenoxy) is 1. The maximum absolute atomic E-state index is 12.0. The number of benzene rings is 1. The van der Waals surface area contributed by atoms with Crippen LogP contribution in [-0.2, 0) is 9.53 Å². The van der Waals surface area contributed by atoms with E-state index in [-0.39, 0.29) is 18.6 Å². The molecule has 4 heteroatoms. The van der Waals surface area contributed by atoms with Gasteiger partial charge in [0.15, 0.2) is 0 Å². The summed E-state index contributed by atoms with van der Waals surface area (Å²) >= 11 is 0. The third-order valence-electron chi connectivity index (χ3n) is 3.07. The second-order valence-electron chi connectivity index (χ2n) is 4.37. The lowest BCUT2D eigenvalue weighted by Gasteiger charge is -2.19. The van der Waals surface area contributed by atoms with E-state index in [1.807, 2.05) is 37.3 Å². The van der Waals surface area contributed by atoms with E-state index in [0.717, 1.165) is 18.4 Å². The summed E-state index contributed by atoms with van der Waals surface area (Å²) in [4.78, 5) is 24.9. The SMILES string of the molecule is CCCCC(=O)N1C(=O)OC[C@H]1c1ccccc1. The normalized spacial score (nSPS) is 18.8. The molecule has 0 N–H and O–H groups in total. The highest BCUT2D eigenvalue weighted by Gasteiger charge is 2.38. The van der Waals surface area contributed by atoms with E-state index in [1.54, 1.807) is 0 Å². The maximum atomic E-state index is 12.0. The molecule has 0 radical (unpaired) electrons. The number of carbonyl (C=O) groups is 2. The first-order valence-electron chi connectivity index (χ1n) is 6.27. The fourth-order valence-electron chi connectivity index (χ4n) is 2.07. The number of cyclic esters (lactones) is 1. The molecule has 2 amide bonds. The molecule has 0 aromatic heterocycles. The molecule has 1 aliphatic rings. The first-order valence-corrected chi connectivity index (χ1v) is 6.27. The van der Waals surface area contributed by atoms with Crippen LogP contribution in [0.3, 0.4) is 0 Å². The van der Waals surface area contributed by atoms with Gasteiger partial charge in [0.25, 0.3) is 0 Å². The van der Waals surface area contributed by atoms with Gasteiger partial charge in [-0.3, -0.25) is 4.79 Å². The predicted molar refractivity (Wildman–Crippen MR) is 66.9 cm³/mol. The third kappa shape index (κ3) is 2.53. The number of rotatable bonds is 4. The topological polar surface area (TPSA) is 46.6 Å². The molecule has 2 rings (SSSR count). The van der Waals surface area contributed by atoms with Crippen LogP contribution in [0.4, 0.5) is 4.79 Å². The minimum Gasteiger partial charge on any atom is -0.446 e. The largest absolute Gasteiger partial charge is 0.446 e. The maximum Gasteiger partial charge on any atom is 0.417 e. The monoisotopic (exact) mass is 247 g/mol. The molecule has 0 saturated carbocycles. The standard InChI is InChI=1S/C14H17NO3/c1-2-3-9-13(16)15-12(10-18-14(15)17)11-7-5-4-6-8-11/h4-8,12H,2-3,9-10H2,1H3/t12-/m0/s1. The van der Waals surface area contributed by atoms with Gasteiger partial charge in [0.2, 0.25) is 5.91 Å². The lowest BCUT2D eigenvalue weighted by atomic mass is 10.1. The highest BCUT2D eigenvalue weighted by Crippen LogP contribution is 2.28. The molecule has 0 spiro atoms. The van der Waals surface area contributed by atoms with Crippen molar-refractivity contribution in [1.29, 1.82) is 0 Å². The highest BCUT2D eigenvalue weighted by molar-refractivity contribution is 5.93. The van der Waals surface area contributed by atoms with Crippen LogP contribution in [0.25, 0.3) is 0 Å². The minimum absolute atomic E-state index is 0.145. The Morgan fingerprint density at radius 2 is 2.11 bits per heavy atom. The minimum atomic E-state index is -0.523. The average molecular weight is 247 g/mol. The van der Waals surface area contributed by atoms with E-state index in [2.05, 4.69) is 0 Å². The lowest BCUT2D eigenvalue weighted by molar-refractivity contribution is -0.129. The van der Waals surface area contributed by atoms with Crippen molar-refractivity contribution in [3.8, 4) is 0 Å². The van der Waals surface area contributed by atoms with Gasteiger partial charge in [0.05, 0.1) is 0 Å². The van der Waals surface area contributed by atoms with E-state index in [1.165, 1.54) is 4.90 Å². The molecular weight excluding hydrogens is 230 g/mol. The molecule has 4 nitrogen and oxygen atoms in total. The van der Waals surface area contributed by atoms with E-state index in [0.29, 0.717) is 6.42 Å². The molecule has 1 aromatic carbocycles. The molecule has 0 unspecified atom stereocenters. The van der Waals surface area contributed by atoms with Crippen LogP contribution < -0.4 is 0 Å². The zero-order valence-corrected chi connectivity index (χ0v) is 10.5. The van der Waals surface area contributed by atoms with Gasteiger partial charge in [0, 0.05) is 6.42 Å². The van der Waals surface area contributed by atoms with E-state index in [4.69, 9.17) is 4.74 Å². The molecule has 18 heavy (non-hydrogen) atoms.